The van der Waals surface area contributed by atoms with Crippen molar-refractivity contribution in [2.75, 3.05) is 19.8 Å². The second-order valence-corrected chi connectivity index (χ2v) is 12.3. The summed E-state index contributed by atoms with van der Waals surface area (Å²) in [5.74, 6) is 1.30. The zero-order chi connectivity index (χ0) is 32.6. The number of pyridine rings is 1. The lowest BCUT2D eigenvalue weighted by Gasteiger charge is -2.20. The zero-order valence-electron chi connectivity index (χ0n) is 27.7. The molecule has 0 amide bonds. The van der Waals surface area contributed by atoms with Gasteiger partial charge in [-0.3, -0.25) is 4.79 Å². The fraction of sp³-hybridized carbons (Fsp3) is 0.400. The number of aromatic nitrogens is 1. The Bertz CT molecular complexity index is 1420. The number of nitrogens with zero attached hydrogens (tertiary/aromatic N) is 1. The molecule has 0 fully saturated rings. The molecule has 3 aromatic carbocycles. The van der Waals surface area contributed by atoms with Crippen LogP contribution in [0.2, 0.25) is 0 Å². The molecule has 6 heteroatoms. The van der Waals surface area contributed by atoms with Crippen LogP contribution < -0.4 is 9.47 Å². The fourth-order valence-corrected chi connectivity index (χ4v) is 5.41. The number of hydrogen-bond acceptors (Lipinski definition) is 6. The maximum atomic E-state index is 11.7. The van der Waals surface area contributed by atoms with E-state index in [9.17, 15) is 9.90 Å². The Morgan fingerprint density at radius 3 is 2.15 bits per heavy atom. The van der Waals surface area contributed by atoms with Gasteiger partial charge in [-0.15, -0.1) is 0 Å². The van der Waals surface area contributed by atoms with E-state index in [2.05, 4.69) is 36.4 Å². The number of carbonyl (C=O) groups excluding carboxylic acids is 1. The molecule has 4 aromatic rings. The molecule has 1 aromatic heterocycles. The summed E-state index contributed by atoms with van der Waals surface area (Å²) in [6.45, 7) is 6.96. The van der Waals surface area contributed by atoms with Gasteiger partial charge >= 0.3 is 5.97 Å². The van der Waals surface area contributed by atoms with Crippen molar-refractivity contribution in [1.82, 2.24) is 4.98 Å². The predicted molar refractivity (Wildman–Crippen MR) is 185 cm³/mol. The Balaban J connectivity index is 1.29. The van der Waals surface area contributed by atoms with Crippen LogP contribution in [0.5, 0.6) is 11.6 Å². The Kier molecular flexibility index (Phi) is 13.7. The summed E-state index contributed by atoms with van der Waals surface area (Å²) in [6.07, 6.45) is 7.44. The van der Waals surface area contributed by atoms with E-state index in [4.69, 9.17) is 19.2 Å². The first kappa shape index (κ1) is 34.7. The molecule has 0 bridgehead atoms. The number of benzene rings is 3. The van der Waals surface area contributed by atoms with E-state index >= 15 is 0 Å². The quantitative estimate of drug-likeness (QED) is 0.0830. The minimum atomic E-state index is -0.758. The van der Waals surface area contributed by atoms with Crippen molar-refractivity contribution in [1.29, 1.82) is 0 Å². The number of rotatable bonds is 19. The van der Waals surface area contributed by atoms with Gasteiger partial charge in [0.2, 0.25) is 5.88 Å². The van der Waals surface area contributed by atoms with Gasteiger partial charge in [0.05, 0.1) is 31.1 Å². The molecule has 0 spiro atoms. The highest BCUT2D eigenvalue weighted by molar-refractivity contribution is 5.71. The predicted octanol–water partition coefficient (Wildman–Crippen LogP) is 9.02. The van der Waals surface area contributed by atoms with Crippen LogP contribution in [0.15, 0.2) is 91.0 Å². The molecule has 0 saturated heterocycles. The minimum absolute atomic E-state index is 0.193. The van der Waals surface area contributed by atoms with Crippen LogP contribution in [-0.2, 0) is 22.4 Å². The fourth-order valence-electron chi connectivity index (χ4n) is 5.41. The number of esters is 1. The lowest BCUT2D eigenvalue weighted by molar-refractivity contribution is -0.143. The van der Waals surface area contributed by atoms with Crippen molar-refractivity contribution in [3.63, 3.8) is 0 Å². The SMILES string of the molecule is CCOC(=O)CCCOc1cccc(CCCCCCOc2cc(-c3ccccc3)cc(-c3ccccc3)n2)c1CCC(C)(C)O. The van der Waals surface area contributed by atoms with Gasteiger partial charge in [-0.1, -0.05) is 85.6 Å². The summed E-state index contributed by atoms with van der Waals surface area (Å²) in [7, 11) is 0. The third-order valence-electron chi connectivity index (χ3n) is 7.87. The molecule has 46 heavy (non-hydrogen) atoms. The summed E-state index contributed by atoms with van der Waals surface area (Å²) >= 11 is 0. The first-order valence-corrected chi connectivity index (χ1v) is 16.7. The maximum absolute atomic E-state index is 11.7. The summed E-state index contributed by atoms with van der Waals surface area (Å²) in [5.41, 5.74) is 5.86. The normalized spacial score (nSPS) is 11.3. The van der Waals surface area contributed by atoms with Gasteiger partial charge < -0.3 is 19.3 Å². The number of aryl methyl sites for hydroxylation is 1. The van der Waals surface area contributed by atoms with E-state index in [-0.39, 0.29) is 5.97 Å². The smallest absolute Gasteiger partial charge is 0.305 e. The van der Waals surface area contributed by atoms with E-state index in [1.54, 1.807) is 0 Å². The second-order valence-electron chi connectivity index (χ2n) is 12.3. The lowest BCUT2D eigenvalue weighted by atomic mass is 9.93. The van der Waals surface area contributed by atoms with Crippen LogP contribution >= 0.6 is 0 Å². The van der Waals surface area contributed by atoms with Gasteiger partial charge in [-0.05, 0) is 93.7 Å². The minimum Gasteiger partial charge on any atom is -0.493 e. The molecule has 0 atom stereocenters. The molecule has 244 valence electrons. The van der Waals surface area contributed by atoms with Crippen molar-refractivity contribution in [3.05, 3.63) is 102 Å². The standard InChI is InChI=1S/C40H49NO5/c1-4-44-39(42)24-16-28-45-37-23-15-22-32(35(37)25-26-40(2,3)43)19-9-5-6-14-27-46-38-30-34(31-17-10-7-11-18-31)29-36(41-38)33-20-12-8-13-21-33/h7-8,10-13,15,17-18,20-23,29-30,43H,4-6,9,14,16,19,24-28H2,1-3H3. The summed E-state index contributed by atoms with van der Waals surface area (Å²) in [4.78, 5) is 16.5. The van der Waals surface area contributed by atoms with E-state index in [0.29, 0.717) is 45.0 Å². The molecule has 0 aliphatic carbocycles. The summed E-state index contributed by atoms with van der Waals surface area (Å²) < 4.78 is 17.3. The van der Waals surface area contributed by atoms with E-state index in [1.807, 2.05) is 75.4 Å². The van der Waals surface area contributed by atoms with Crippen molar-refractivity contribution in [3.8, 4) is 34.0 Å². The zero-order valence-corrected chi connectivity index (χ0v) is 27.7. The maximum Gasteiger partial charge on any atom is 0.305 e. The van der Waals surface area contributed by atoms with Crippen LogP contribution in [0.1, 0.15) is 76.8 Å². The number of ether oxygens (including phenoxy) is 3. The third kappa shape index (κ3) is 11.6. The van der Waals surface area contributed by atoms with Crippen LogP contribution in [0.4, 0.5) is 0 Å². The van der Waals surface area contributed by atoms with Gasteiger partial charge in [0, 0.05) is 18.1 Å². The van der Waals surface area contributed by atoms with Crippen LogP contribution in [-0.4, -0.2) is 41.5 Å². The van der Waals surface area contributed by atoms with Gasteiger partial charge in [0.25, 0.3) is 0 Å². The number of unbranched alkanes of at least 4 members (excludes halogenated alkanes) is 3. The van der Waals surface area contributed by atoms with Gasteiger partial charge in [-0.25, -0.2) is 4.98 Å². The first-order valence-electron chi connectivity index (χ1n) is 16.7. The topological polar surface area (TPSA) is 77.9 Å². The number of aliphatic hydroxyl groups is 1. The molecule has 0 aliphatic rings. The van der Waals surface area contributed by atoms with Crippen molar-refractivity contribution in [2.24, 2.45) is 0 Å². The molecular formula is C40H49NO5. The van der Waals surface area contributed by atoms with Gasteiger partial charge in [0.1, 0.15) is 5.75 Å². The van der Waals surface area contributed by atoms with Crippen LogP contribution in [0, 0.1) is 0 Å². The first-order chi connectivity index (χ1) is 22.3. The average molecular weight is 624 g/mol. The summed E-state index contributed by atoms with van der Waals surface area (Å²) in [5, 5.41) is 10.4. The third-order valence-corrected chi connectivity index (χ3v) is 7.87. The lowest BCUT2D eigenvalue weighted by Crippen LogP contribution is -2.20. The van der Waals surface area contributed by atoms with Gasteiger partial charge in [-0.2, -0.15) is 0 Å². The Hall–Kier alpha value is -4.16. The Morgan fingerprint density at radius 1 is 0.739 bits per heavy atom. The molecular weight excluding hydrogens is 574 g/mol. The van der Waals surface area contributed by atoms with Crippen molar-refractivity contribution < 1.29 is 24.1 Å². The average Bonchev–Trinajstić information content (AvgIpc) is 3.06. The van der Waals surface area contributed by atoms with Crippen molar-refractivity contribution in [2.45, 2.75) is 84.2 Å². The van der Waals surface area contributed by atoms with Crippen LogP contribution in [0.25, 0.3) is 22.4 Å². The molecule has 0 radical (unpaired) electrons. The highest BCUT2D eigenvalue weighted by Crippen LogP contribution is 2.30. The molecule has 0 saturated carbocycles. The monoisotopic (exact) mass is 623 g/mol. The van der Waals surface area contributed by atoms with E-state index in [1.165, 1.54) is 5.56 Å². The second kappa shape index (κ2) is 18.1. The highest BCUT2D eigenvalue weighted by atomic mass is 16.5. The number of carbonyl (C=O) groups is 1. The van der Waals surface area contributed by atoms with Crippen LogP contribution in [0.3, 0.4) is 0 Å². The molecule has 1 N–H and O–H groups in total. The Labute approximate surface area is 274 Å². The molecule has 1 heterocycles. The molecule has 0 aliphatic heterocycles. The molecule has 4 rings (SSSR count). The van der Waals surface area contributed by atoms with E-state index < -0.39 is 5.60 Å². The van der Waals surface area contributed by atoms with Gasteiger partial charge in [0.15, 0.2) is 0 Å². The summed E-state index contributed by atoms with van der Waals surface area (Å²) in [6, 6.07) is 30.9. The largest absolute Gasteiger partial charge is 0.493 e. The number of hydrogen-bond donors (Lipinski definition) is 1. The Morgan fingerprint density at radius 2 is 1.43 bits per heavy atom. The highest BCUT2D eigenvalue weighted by Gasteiger charge is 2.17. The van der Waals surface area contributed by atoms with Crippen molar-refractivity contribution >= 4 is 5.97 Å². The molecule has 0 unspecified atom stereocenters. The molecule has 6 nitrogen and oxygen atoms in total. The van der Waals surface area contributed by atoms with E-state index in [0.717, 1.165) is 72.2 Å².